The van der Waals surface area contributed by atoms with Crippen LogP contribution >= 0.6 is 11.6 Å². The summed E-state index contributed by atoms with van der Waals surface area (Å²) in [5.41, 5.74) is 1.67. The number of halogens is 2. The van der Waals surface area contributed by atoms with Crippen molar-refractivity contribution in [2.24, 2.45) is 0 Å². The Hall–Kier alpha value is -4.42. The average Bonchev–Trinajstić information content (AvgIpc) is 3.47. The van der Waals surface area contributed by atoms with E-state index in [4.69, 9.17) is 11.6 Å². The lowest BCUT2D eigenvalue weighted by molar-refractivity contribution is 0.0696. The van der Waals surface area contributed by atoms with E-state index in [-0.39, 0.29) is 40.7 Å². The molecule has 0 fully saturated rings. The van der Waals surface area contributed by atoms with E-state index in [1.165, 1.54) is 42.7 Å². The molecule has 5 rings (SSSR count). The molecule has 2 aromatic carbocycles. The maximum Gasteiger partial charge on any atom is 0.335 e. The molecule has 4 aromatic rings. The van der Waals surface area contributed by atoms with Crippen molar-refractivity contribution in [3.63, 3.8) is 0 Å². The van der Waals surface area contributed by atoms with Gasteiger partial charge in [-0.05, 0) is 41.0 Å². The lowest BCUT2D eigenvalue weighted by atomic mass is 10.0. The van der Waals surface area contributed by atoms with Gasteiger partial charge < -0.3 is 20.8 Å². The molecule has 0 aliphatic heterocycles. The molecule has 1 aliphatic carbocycles. The van der Waals surface area contributed by atoms with E-state index in [1.807, 2.05) is 0 Å². The largest absolute Gasteiger partial charge is 0.478 e. The van der Waals surface area contributed by atoms with Gasteiger partial charge in [0.1, 0.15) is 23.5 Å². The molecule has 0 bridgehead atoms. The molecule has 0 spiro atoms. The number of hydrogen-bond acceptors (Lipinski definition) is 7. The Morgan fingerprint density at radius 2 is 1.95 bits per heavy atom. The summed E-state index contributed by atoms with van der Waals surface area (Å²) in [4.78, 5) is 45.4. The zero-order valence-corrected chi connectivity index (χ0v) is 19.6. The molecule has 11 nitrogen and oxygen atoms in total. The highest BCUT2D eigenvalue weighted by molar-refractivity contribution is 6.30. The number of rotatable bonds is 6. The van der Waals surface area contributed by atoms with Crippen LogP contribution in [0, 0.1) is 5.82 Å². The Morgan fingerprint density at radius 3 is 2.70 bits per heavy atom. The second-order valence-corrected chi connectivity index (χ2v) is 8.78. The number of aliphatic hydroxyl groups excluding tert-OH is 1. The molecule has 2 aromatic heterocycles. The van der Waals surface area contributed by atoms with Crippen LogP contribution in [0.25, 0.3) is 5.78 Å². The number of aliphatic hydroxyl groups is 1. The second-order valence-electron chi connectivity index (χ2n) is 8.37. The van der Waals surface area contributed by atoms with Crippen LogP contribution in [0.15, 0.2) is 48.8 Å². The maximum absolute atomic E-state index is 13.4. The minimum atomic E-state index is -1.09. The number of carboxylic acid groups (broad SMARTS) is 1. The smallest absolute Gasteiger partial charge is 0.335 e. The Labute approximate surface area is 212 Å². The first kappa shape index (κ1) is 24.3. The van der Waals surface area contributed by atoms with Crippen LogP contribution in [0.1, 0.15) is 54.1 Å². The van der Waals surface area contributed by atoms with Crippen LogP contribution in [-0.2, 0) is 13.0 Å². The summed E-state index contributed by atoms with van der Waals surface area (Å²) in [6, 6.07) is 8.89. The molecule has 2 heterocycles. The molecule has 2 atom stereocenters. The molecule has 13 heteroatoms. The Balaban J connectivity index is 1.38. The first-order valence-corrected chi connectivity index (χ1v) is 11.4. The highest BCUT2D eigenvalue weighted by Gasteiger charge is 2.33. The maximum atomic E-state index is 13.4. The molecule has 0 unspecified atom stereocenters. The Morgan fingerprint density at radius 1 is 1.14 bits per heavy atom. The number of hydrogen-bond donors (Lipinski definition) is 4. The highest BCUT2D eigenvalue weighted by atomic mass is 35.5. The van der Waals surface area contributed by atoms with Crippen molar-refractivity contribution in [3.8, 4) is 0 Å². The highest BCUT2D eigenvalue weighted by Crippen LogP contribution is 2.32. The summed E-state index contributed by atoms with van der Waals surface area (Å²) in [5.74, 6) is -2.95. The normalized spacial score (nSPS) is 16.4. The molecule has 0 saturated heterocycles. The number of carbonyl (C=O) groups is 3. The van der Waals surface area contributed by atoms with Gasteiger partial charge in [0.25, 0.3) is 17.6 Å². The Kier molecular flexibility index (Phi) is 6.27. The van der Waals surface area contributed by atoms with Crippen molar-refractivity contribution < 1.29 is 29.0 Å². The van der Waals surface area contributed by atoms with E-state index in [2.05, 4.69) is 25.7 Å². The number of aromatic carboxylic acids is 1. The molecule has 2 amide bonds. The van der Waals surface area contributed by atoms with E-state index in [0.29, 0.717) is 16.7 Å². The van der Waals surface area contributed by atoms with Gasteiger partial charge in [0.15, 0.2) is 0 Å². The summed E-state index contributed by atoms with van der Waals surface area (Å²) in [6.07, 6.45) is 0.354. The number of aromatic nitrogens is 4. The minimum Gasteiger partial charge on any atom is -0.478 e. The number of nitrogens with one attached hydrogen (secondary N) is 2. The number of benzene rings is 2. The fourth-order valence-electron chi connectivity index (χ4n) is 4.17. The summed E-state index contributed by atoms with van der Waals surface area (Å²) in [5, 5.41) is 29.1. The quantitative estimate of drug-likeness (QED) is 0.298. The lowest BCUT2D eigenvalue weighted by Gasteiger charge is -2.18. The summed E-state index contributed by atoms with van der Waals surface area (Å²) >= 11 is 5.78. The predicted octanol–water partition coefficient (Wildman–Crippen LogP) is 1.93. The van der Waals surface area contributed by atoms with Gasteiger partial charge >= 0.3 is 5.97 Å². The standard InChI is InChI=1S/C24H18ClFN6O5/c25-15-5-11(1-4-16(15)26)9-27-21(34)17-8-18(32-24(30-17)28-10-29-32)22(35)31-20-14-3-2-12(23(36)37)6-13(14)7-19(20)33/h1-6,8,10,19-20,33H,7,9H2,(H,27,34)(H,31,35)(H,36,37)/t19-,20-/m1/s1. The number of amides is 2. The van der Waals surface area contributed by atoms with Gasteiger partial charge in [-0.25, -0.2) is 14.2 Å². The van der Waals surface area contributed by atoms with Crippen molar-refractivity contribution in [1.29, 1.82) is 0 Å². The van der Waals surface area contributed by atoms with Gasteiger partial charge in [-0.1, -0.05) is 23.7 Å². The number of nitrogens with zero attached hydrogens (tertiary/aromatic N) is 4. The molecule has 0 radical (unpaired) electrons. The van der Waals surface area contributed by atoms with E-state index >= 15 is 0 Å². The van der Waals surface area contributed by atoms with E-state index in [9.17, 15) is 29.0 Å². The molecular formula is C24H18ClFN6O5. The monoisotopic (exact) mass is 524 g/mol. The van der Waals surface area contributed by atoms with Crippen LogP contribution in [0.3, 0.4) is 0 Å². The van der Waals surface area contributed by atoms with E-state index in [0.717, 1.165) is 4.52 Å². The minimum absolute atomic E-state index is 0.00102. The van der Waals surface area contributed by atoms with Crippen LogP contribution in [0.2, 0.25) is 5.02 Å². The van der Waals surface area contributed by atoms with Crippen molar-refractivity contribution >= 4 is 35.2 Å². The third kappa shape index (κ3) is 4.71. The van der Waals surface area contributed by atoms with Gasteiger partial charge in [-0.15, -0.1) is 0 Å². The number of carbonyl (C=O) groups excluding carboxylic acids is 2. The molecular weight excluding hydrogens is 507 g/mol. The summed E-state index contributed by atoms with van der Waals surface area (Å²) in [7, 11) is 0. The first-order chi connectivity index (χ1) is 17.7. The van der Waals surface area contributed by atoms with Gasteiger partial charge in [0, 0.05) is 19.0 Å². The summed E-state index contributed by atoms with van der Waals surface area (Å²) in [6.45, 7) is 0.0310. The van der Waals surface area contributed by atoms with E-state index in [1.54, 1.807) is 6.07 Å². The zero-order chi connectivity index (χ0) is 26.3. The zero-order valence-electron chi connectivity index (χ0n) is 18.9. The first-order valence-electron chi connectivity index (χ1n) is 11.0. The van der Waals surface area contributed by atoms with Gasteiger partial charge in [0.05, 0.1) is 22.7 Å². The van der Waals surface area contributed by atoms with Gasteiger partial charge in [-0.3, -0.25) is 9.59 Å². The van der Waals surface area contributed by atoms with Crippen LogP contribution < -0.4 is 10.6 Å². The molecule has 188 valence electrons. The van der Waals surface area contributed by atoms with Crippen LogP contribution in [0.5, 0.6) is 0 Å². The van der Waals surface area contributed by atoms with E-state index < -0.39 is 35.7 Å². The van der Waals surface area contributed by atoms with Crippen molar-refractivity contribution in [2.45, 2.75) is 25.1 Å². The third-order valence-electron chi connectivity index (χ3n) is 5.98. The van der Waals surface area contributed by atoms with Crippen molar-refractivity contribution in [1.82, 2.24) is 30.2 Å². The average molecular weight is 525 g/mol. The van der Waals surface area contributed by atoms with Crippen molar-refractivity contribution in [3.05, 3.63) is 93.3 Å². The molecule has 0 saturated carbocycles. The van der Waals surface area contributed by atoms with Crippen LogP contribution in [0.4, 0.5) is 4.39 Å². The fourth-order valence-corrected chi connectivity index (χ4v) is 4.37. The van der Waals surface area contributed by atoms with Crippen LogP contribution in [-0.4, -0.2) is 53.7 Å². The summed E-state index contributed by atoms with van der Waals surface area (Å²) < 4.78 is 14.5. The third-order valence-corrected chi connectivity index (χ3v) is 6.27. The van der Waals surface area contributed by atoms with Gasteiger partial charge in [0.2, 0.25) is 0 Å². The van der Waals surface area contributed by atoms with Gasteiger partial charge in [-0.2, -0.15) is 14.6 Å². The SMILES string of the molecule is O=C(O)c1ccc2c(c1)C[C@@H](O)[C@@H]2NC(=O)c1cc(C(=O)NCc2ccc(F)c(Cl)c2)nc2ncnn12. The molecule has 1 aliphatic rings. The topological polar surface area (TPSA) is 159 Å². The predicted molar refractivity (Wildman–Crippen MR) is 127 cm³/mol. The molecule has 4 N–H and O–H groups in total. The fraction of sp³-hybridized carbons (Fsp3) is 0.167. The lowest BCUT2D eigenvalue weighted by Crippen LogP contribution is -2.35. The van der Waals surface area contributed by atoms with Crippen molar-refractivity contribution in [2.75, 3.05) is 0 Å². The molecule has 37 heavy (non-hydrogen) atoms. The Bertz CT molecular complexity index is 1570. The number of carboxylic acids is 1. The number of fused-ring (bicyclic) bond motifs is 2. The second kappa shape index (κ2) is 9.56.